The molecule has 4 rings (SSSR count). The zero-order chi connectivity index (χ0) is 17.9. The minimum Gasteiger partial charge on any atom is -0.484 e. The van der Waals surface area contributed by atoms with Gasteiger partial charge >= 0.3 is 0 Å². The molecule has 8 heteroatoms. The van der Waals surface area contributed by atoms with Gasteiger partial charge in [0.1, 0.15) is 11.6 Å². The number of hydrogen-bond donors (Lipinski definition) is 1. The van der Waals surface area contributed by atoms with E-state index in [9.17, 15) is 9.18 Å². The Morgan fingerprint density at radius 2 is 2.04 bits per heavy atom. The SMILES string of the molecule is O=C(COc1ccc(F)cc1)Nc1cccc(-c2nnnn2C2CC2)c1. The van der Waals surface area contributed by atoms with E-state index >= 15 is 0 Å². The topological polar surface area (TPSA) is 81.9 Å². The summed E-state index contributed by atoms with van der Waals surface area (Å²) >= 11 is 0. The molecule has 132 valence electrons. The van der Waals surface area contributed by atoms with Crippen LogP contribution in [0.4, 0.5) is 10.1 Å². The smallest absolute Gasteiger partial charge is 0.262 e. The van der Waals surface area contributed by atoms with Crippen molar-refractivity contribution >= 4 is 11.6 Å². The number of aromatic nitrogens is 4. The molecule has 1 amide bonds. The van der Waals surface area contributed by atoms with E-state index in [1.807, 2.05) is 22.9 Å². The Hall–Kier alpha value is -3.29. The zero-order valence-electron chi connectivity index (χ0n) is 13.8. The van der Waals surface area contributed by atoms with Crippen LogP contribution in [0.2, 0.25) is 0 Å². The first-order chi connectivity index (χ1) is 12.7. The highest BCUT2D eigenvalue weighted by molar-refractivity contribution is 5.92. The first kappa shape index (κ1) is 16.2. The number of halogens is 1. The molecule has 26 heavy (non-hydrogen) atoms. The monoisotopic (exact) mass is 353 g/mol. The van der Waals surface area contributed by atoms with E-state index in [0.29, 0.717) is 23.3 Å². The molecule has 0 aliphatic heterocycles. The summed E-state index contributed by atoms with van der Waals surface area (Å²) in [7, 11) is 0. The number of nitrogens with zero attached hydrogens (tertiary/aromatic N) is 4. The maximum atomic E-state index is 12.9. The second kappa shape index (κ2) is 6.91. The molecule has 1 fully saturated rings. The molecule has 1 heterocycles. The van der Waals surface area contributed by atoms with Gasteiger partial charge in [0.05, 0.1) is 6.04 Å². The van der Waals surface area contributed by atoms with E-state index in [0.717, 1.165) is 18.4 Å². The highest BCUT2D eigenvalue weighted by Gasteiger charge is 2.28. The molecule has 0 radical (unpaired) electrons. The molecule has 0 atom stereocenters. The molecule has 1 aliphatic carbocycles. The third kappa shape index (κ3) is 3.69. The van der Waals surface area contributed by atoms with Gasteiger partial charge in [0.2, 0.25) is 0 Å². The van der Waals surface area contributed by atoms with Gasteiger partial charge in [-0.15, -0.1) is 5.10 Å². The lowest BCUT2D eigenvalue weighted by Gasteiger charge is -2.09. The van der Waals surface area contributed by atoms with Gasteiger partial charge in [-0.1, -0.05) is 12.1 Å². The maximum absolute atomic E-state index is 12.9. The molecule has 0 unspecified atom stereocenters. The second-order valence-corrected chi connectivity index (χ2v) is 6.05. The summed E-state index contributed by atoms with van der Waals surface area (Å²) < 4.78 is 20.0. The predicted molar refractivity (Wildman–Crippen MR) is 92.0 cm³/mol. The number of carbonyl (C=O) groups excluding carboxylic acids is 1. The van der Waals surface area contributed by atoms with Crippen LogP contribution in [0.5, 0.6) is 5.75 Å². The molecule has 1 aromatic heterocycles. The molecule has 7 nitrogen and oxygen atoms in total. The molecular weight excluding hydrogens is 337 g/mol. The highest BCUT2D eigenvalue weighted by atomic mass is 19.1. The van der Waals surface area contributed by atoms with Gasteiger partial charge in [0.15, 0.2) is 12.4 Å². The lowest BCUT2D eigenvalue weighted by atomic mass is 10.2. The van der Waals surface area contributed by atoms with Crippen molar-refractivity contribution in [1.82, 2.24) is 20.2 Å². The van der Waals surface area contributed by atoms with E-state index in [2.05, 4.69) is 20.8 Å². The normalized spacial score (nSPS) is 13.4. The Morgan fingerprint density at radius 3 is 2.81 bits per heavy atom. The van der Waals surface area contributed by atoms with Crippen molar-refractivity contribution in [1.29, 1.82) is 0 Å². The van der Waals surface area contributed by atoms with E-state index in [1.165, 1.54) is 24.3 Å². The van der Waals surface area contributed by atoms with Crippen LogP contribution in [0.15, 0.2) is 48.5 Å². The fraction of sp³-hybridized carbons (Fsp3) is 0.222. The Labute approximate surface area is 148 Å². The molecule has 0 saturated heterocycles. The number of ether oxygens (including phenoxy) is 1. The van der Waals surface area contributed by atoms with Crippen LogP contribution in [0.3, 0.4) is 0 Å². The number of carbonyl (C=O) groups is 1. The fourth-order valence-electron chi connectivity index (χ4n) is 2.56. The van der Waals surface area contributed by atoms with Gasteiger partial charge in [-0.2, -0.15) is 0 Å². The van der Waals surface area contributed by atoms with Crippen molar-refractivity contribution in [3.05, 3.63) is 54.3 Å². The van der Waals surface area contributed by atoms with Crippen LogP contribution in [-0.2, 0) is 4.79 Å². The quantitative estimate of drug-likeness (QED) is 0.737. The van der Waals surface area contributed by atoms with Gasteiger partial charge in [0.25, 0.3) is 5.91 Å². The largest absolute Gasteiger partial charge is 0.484 e. The first-order valence-corrected chi connectivity index (χ1v) is 8.25. The number of anilines is 1. The van der Waals surface area contributed by atoms with E-state index in [4.69, 9.17) is 4.74 Å². The maximum Gasteiger partial charge on any atom is 0.262 e. The predicted octanol–water partition coefficient (Wildman–Crippen LogP) is 2.83. The van der Waals surface area contributed by atoms with Crippen molar-refractivity contribution in [3.8, 4) is 17.1 Å². The number of tetrazole rings is 1. The minimum atomic E-state index is -0.354. The Balaban J connectivity index is 1.41. The van der Waals surface area contributed by atoms with Crippen molar-refractivity contribution in [3.63, 3.8) is 0 Å². The third-order valence-corrected chi connectivity index (χ3v) is 3.97. The van der Waals surface area contributed by atoms with Crippen LogP contribution in [0, 0.1) is 5.82 Å². The minimum absolute atomic E-state index is 0.171. The fourth-order valence-corrected chi connectivity index (χ4v) is 2.56. The van der Waals surface area contributed by atoms with Crippen LogP contribution < -0.4 is 10.1 Å². The van der Waals surface area contributed by atoms with Crippen LogP contribution in [0.1, 0.15) is 18.9 Å². The number of rotatable bonds is 6. The van der Waals surface area contributed by atoms with Gasteiger partial charge in [-0.3, -0.25) is 4.79 Å². The number of amides is 1. The lowest BCUT2D eigenvalue weighted by Crippen LogP contribution is -2.20. The molecule has 1 saturated carbocycles. The summed E-state index contributed by atoms with van der Waals surface area (Å²) in [6, 6.07) is 13.2. The Morgan fingerprint density at radius 1 is 1.23 bits per heavy atom. The van der Waals surface area contributed by atoms with Gasteiger partial charge < -0.3 is 10.1 Å². The van der Waals surface area contributed by atoms with Crippen LogP contribution in [0.25, 0.3) is 11.4 Å². The van der Waals surface area contributed by atoms with Gasteiger partial charge in [-0.05, 0) is 59.7 Å². The summed E-state index contributed by atoms with van der Waals surface area (Å²) in [5.41, 5.74) is 1.46. The molecule has 0 bridgehead atoms. The summed E-state index contributed by atoms with van der Waals surface area (Å²) in [6.45, 7) is -0.171. The third-order valence-electron chi connectivity index (χ3n) is 3.97. The molecule has 1 aliphatic rings. The summed E-state index contributed by atoms with van der Waals surface area (Å²) in [5.74, 6) is 0.450. The van der Waals surface area contributed by atoms with Crippen LogP contribution in [-0.4, -0.2) is 32.7 Å². The van der Waals surface area contributed by atoms with E-state index in [1.54, 1.807) is 6.07 Å². The molecular formula is C18H16FN5O2. The molecule has 0 spiro atoms. The average Bonchev–Trinajstić information content (AvgIpc) is 3.38. The molecule has 1 N–H and O–H groups in total. The highest BCUT2D eigenvalue weighted by Crippen LogP contribution is 2.36. The van der Waals surface area contributed by atoms with Crippen molar-refractivity contribution < 1.29 is 13.9 Å². The van der Waals surface area contributed by atoms with E-state index in [-0.39, 0.29) is 18.3 Å². The number of benzene rings is 2. The zero-order valence-corrected chi connectivity index (χ0v) is 13.8. The van der Waals surface area contributed by atoms with Gasteiger partial charge in [0, 0.05) is 11.3 Å². The van der Waals surface area contributed by atoms with Crippen molar-refractivity contribution in [2.75, 3.05) is 11.9 Å². The first-order valence-electron chi connectivity index (χ1n) is 8.25. The summed E-state index contributed by atoms with van der Waals surface area (Å²) in [4.78, 5) is 12.1. The summed E-state index contributed by atoms with van der Waals surface area (Å²) in [5, 5.41) is 14.6. The van der Waals surface area contributed by atoms with Crippen molar-refractivity contribution in [2.45, 2.75) is 18.9 Å². The number of nitrogens with one attached hydrogen (secondary N) is 1. The lowest BCUT2D eigenvalue weighted by molar-refractivity contribution is -0.118. The Kier molecular flexibility index (Phi) is 4.30. The number of hydrogen-bond acceptors (Lipinski definition) is 5. The van der Waals surface area contributed by atoms with Crippen molar-refractivity contribution in [2.24, 2.45) is 0 Å². The second-order valence-electron chi connectivity index (χ2n) is 6.05. The average molecular weight is 353 g/mol. The van der Waals surface area contributed by atoms with Gasteiger partial charge in [-0.25, -0.2) is 9.07 Å². The van der Waals surface area contributed by atoms with Crippen LogP contribution >= 0.6 is 0 Å². The molecule has 2 aromatic carbocycles. The standard InChI is InChI=1S/C18H16FN5O2/c19-13-4-8-16(9-5-13)26-11-17(25)20-14-3-1-2-12(10-14)18-21-22-23-24(18)15-6-7-15/h1-5,8-10,15H,6-7,11H2,(H,20,25). The Bertz CT molecular complexity index is 921. The molecule has 3 aromatic rings. The van der Waals surface area contributed by atoms with E-state index < -0.39 is 0 Å². The summed E-state index contributed by atoms with van der Waals surface area (Å²) in [6.07, 6.45) is 2.16.